The summed E-state index contributed by atoms with van der Waals surface area (Å²) in [5.41, 5.74) is 0.564. The summed E-state index contributed by atoms with van der Waals surface area (Å²) in [6.45, 7) is 1.95. The molecule has 2 aromatic rings. The van der Waals surface area contributed by atoms with Gasteiger partial charge >= 0.3 is 5.69 Å². The van der Waals surface area contributed by atoms with Gasteiger partial charge in [0.25, 0.3) is 0 Å². The molecule has 1 heterocycles. The van der Waals surface area contributed by atoms with Crippen LogP contribution in [-0.4, -0.2) is 35.1 Å². The Hall–Kier alpha value is -1.93. The second kappa shape index (κ2) is 6.29. The molecule has 23 heavy (non-hydrogen) atoms. The predicted octanol–water partition coefficient (Wildman–Crippen LogP) is 0.851. The second-order valence-electron chi connectivity index (χ2n) is 5.61. The van der Waals surface area contributed by atoms with Crippen LogP contribution in [0.4, 0.5) is 0 Å². The van der Waals surface area contributed by atoms with E-state index in [4.69, 9.17) is 0 Å². The smallest absolute Gasteiger partial charge is 0.247 e. The highest BCUT2D eigenvalue weighted by molar-refractivity contribution is 7.89. The van der Waals surface area contributed by atoms with Gasteiger partial charge in [-0.25, -0.2) is 27.2 Å². The molecule has 124 valence electrons. The van der Waals surface area contributed by atoms with Crippen molar-refractivity contribution in [2.45, 2.75) is 32.2 Å². The Kier molecular flexibility index (Phi) is 4.36. The quantitative estimate of drug-likeness (QED) is 0.812. The molecule has 0 unspecified atom stereocenters. The number of nitrogens with zero attached hydrogens (tertiary/aromatic N) is 3. The summed E-state index contributed by atoms with van der Waals surface area (Å²) in [5, 5.41) is 4.43. The molecule has 0 bridgehead atoms. The van der Waals surface area contributed by atoms with Gasteiger partial charge < -0.3 is 0 Å². The molecule has 0 atom stereocenters. The van der Waals surface area contributed by atoms with Crippen LogP contribution in [0.2, 0.25) is 0 Å². The van der Waals surface area contributed by atoms with Crippen LogP contribution in [0, 0.1) is 0 Å². The van der Waals surface area contributed by atoms with Crippen molar-refractivity contribution in [2.24, 2.45) is 0 Å². The number of rotatable bonds is 7. The molecule has 0 spiro atoms. The number of sulfonamides is 1. The van der Waals surface area contributed by atoms with Crippen LogP contribution in [-0.2, 0) is 16.6 Å². The number of hydrogen-bond donors (Lipinski definition) is 1. The van der Waals surface area contributed by atoms with Gasteiger partial charge in [-0.05, 0) is 31.9 Å². The van der Waals surface area contributed by atoms with E-state index in [0.29, 0.717) is 5.92 Å². The molecule has 1 aromatic carbocycles. The zero-order chi connectivity index (χ0) is 16.4. The molecule has 0 saturated heterocycles. The maximum Gasteiger partial charge on any atom is 0.350 e. The van der Waals surface area contributed by atoms with E-state index in [1.165, 1.54) is 4.68 Å². The monoisotopic (exact) mass is 336 g/mol. The highest BCUT2D eigenvalue weighted by Crippen LogP contribution is 2.39. The molecule has 0 radical (unpaired) electrons. The van der Waals surface area contributed by atoms with E-state index in [-0.39, 0.29) is 24.5 Å². The Morgan fingerprint density at radius 3 is 2.57 bits per heavy atom. The Balaban J connectivity index is 1.87. The molecule has 8 heteroatoms. The first-order chi connectivity index (χ1) is 11.0. The van der Waals surface area contributed by atoms with Crippen molar-refractivity contribution in [3.63, 3.8) is 0 Å². The molecule has 1 aliphatic rings. The van der Waals surface area contributed by atoms with E-state index >= 15 is 0 Å². The first-order valence-electron chi connectivity index (χ1n) is 7.74. The van der Waals surface area contributed by atoms with Crippen LogP contribution in [0.3, 0.4) is 0 Å². The van der Waals surface area contributed by atoms with Gasteiger partial charge in [-0.2, -0.15) is 5.10 Å². The highest BCUT2D eigenvalue weighted by atomic mass is 32.2. The van der Waals surface area contributed by atoms with Crippen molar-refractivity contribution in [3.8, 4) is 5.69 Å². The standard InChI is InChI=1S/C15H20N4O3S/c1-2-23(21,22)16-10-11-18-15(20)19(13-6-4-3-5-7-13)14(17-18)12-8-9-12/h3-7,12,16H,2,8-11H2,1H3. The minimum absolute atomic E-state index is 0.0215. The maximum atomic E-state index is 12.6. The maximum absolute atomic E-state index is 12.6. The molecule has 0 aliphatic heterocycles. The van der Waals surface area contributed by atoms with Gasteiger partial charge in [0, 0.05) is 12.5 Å². The SMILES string of the molecule is CCS(=O)(=O)NCCn1nc(C2CC2)n(-c2ccccc2)c1=O. The Bertz CT molecular complexity index is 835. The normalized spacial score (nSPS) is 15.0. The first-order valence-corrected chi connectivity index (χ1v) is 9.39. The number of hydrogen-bond acceptors (Lipinski definition) is 4. The largest absolute Gasteiger partial charge is 0.350 e. The average Bonchev–Trinajstić information content (AvgIpc) is 3.34. The Morgan fingerprint density at radius 1 is 1.26 bits per heavy atom. The Labute approximate surface area is 135 Å². The molecule has 1 aromatic heterocycles. The van der Waals surface area contributed by atoms with Crippen molar-refractivity contribution in [1.82, 2.24) is 19.1 Å². The highest BCUT2D eigenvalue weighted by Gasteiger charge is 2.31. The third-order valence-electron chi connectivity index (χ3n) is 3.85. The zero-order valence-corrected chi connectivity index (χ0v) is 13.8. The van der Waals surface area contributed by atoms with Gasteiger partial charge in [0.15, 0.2) is 0 Å². The minimum atomic E-state index is -3.26. The van der Waals surface area contributed by atoms with Crippen molar-refractivity contribution in [1.29, 1.82) is 0 Å². The van der Waals surface area contributed by atoms with E-state index in [1.807, 2.05) is 30.3 Å². The first kappa shape index (κ1) is 15.9. The van der Waals surface area contributed by atoms with Crippen molar-refractivity contribution in [3.05, 3.63) is 46.6 Å². The lowest BCUT2D eigenvalue weighted by Crippen LogP contribution is -2.32. The zero-order valence-electron chi connectivity index (χ0n) is 13.0. The topological polar surface area (TPSA) is 86.0 Å². The summed E-state index contributed by atoms with van der Waals surface area (Å²) in [5.74, 6) is 1.10. The lowest BCUT2D eigenvalue weighted by molar-refractivity contribution is 0.551. The predicted molar refractivity (Wildman–Crippen MR) is 87.3 cm³/mol. The minimum Gasteiger partial charge on any atom is -0.247 e. The summed E-state index contributed by atoms with van der Waals surface area (Å²) in [6, 6.07) is 9.41. The van der Waals surface area contributed by atoms with E-state index in [9.17, 15) is 13.2 Å². The molecule has 1 fully saturated rings. The van der Waals surface area contributed by atoms with Gasteiger partial charge in [-0.15, -0.1) is 0 Å². The number of aromatic nitrogens is 3. The molecule has 3 rings (SSSR count). The van der Waals surface area contributed by atoms with Crippen LogP contribution in [0.15, 0.2) is 35.1 Å². The third-order valence-corrected chi connectivity index (χ3v) is 5.25. The van der Waals surface area contributed by atoms with E-state index in [0.717, 1.165) is 24.4 Å². The fraction of sp³-hybridized carbons (Fsp3) is 0.467. The average molecular weight is 336 g/mol. The molecular weight excluding hydrogens is 316 g/mol. The van der Waals surface area contributed by atoms with Crippen LogP contribution >= 0.6 is 0 Å². The second-order valence-corrected chi connectivity index (χ2v) is 7.70. The van der Waals surface area contributed by atoms with Crippen molar-refractivity contribution < 1.29 is 8.42 Å². The summed E-state index contributed by atoms with van der Waals surface area (Å²) >= 11 is 0. The van der Waals surface area contributed by atoms with Crippen molar-refractivity contribution >= 4 is 10.0 Å². The summed E-state index contributed by atoms with van der Waals surface area (Å²) in [4.78, 5) is 12.6. The number of nitrogens with one attached hydrogen (secondary N) is 1. The molecule has 1 saturated carbocycles. The van der Waals surface area contributed by atoms with E-state index in [2.05, 4.69) is 9.82 Å². The van der Waals surface area contributed by atoms with Gasteiger partial charge in [-0.1, -0.05) is 18.2 Å². The number of benzene rings is 1. The fourth-order valence-electron chi connectivity index (χ4n) is 2.40. The summed E-state index contributed by atoms with van der Waals surface area (Å²) in [7, 11) is -3.26. The van der Waals surface area contributed by atoms with E-state index < -0.39 is 10.0 Å². The molecular formula is C15H20N4O3S. The molecule has 0 amide bonds. The fourth-order valence-corrected chi connectivity index (χ4v) is 3.01. The van der Waals surface area contributed by atoms with E-state index in [1.54, 1.807) is 11.5 Å². The van der Waals surface area contributed by atoms with Crippen LogP contribution in [0.5, 0.6) is 0 Å². The molecule has 7 nitrogen and oxygen atoms in total. The van der Waals surface area contributed by atoms with Crippen LogP contribution in [0.1, 0.15) is 31.5 Å². The summed E-state index contributed by atoms with van der Waals surface area (Å²) < 4.78 is 28.4. The van der Waals surface area contributed by atoms with Crippen LogP contribution in [0.25, 0.3) is 5.69 Å². The third kappa shape index (κ3) is 3.53. The van der Waals surface area contributed by atoms with Gasteiger partial charge in [-0.3, -0.25) is 0 Å². The lowest BCUT2D eigenvalue weighted by Gasteiger charge is -2.04. The number of para-hydroxylation sites is 1. The van der Waals surface area contributed by atoms with Crippen molar-refractivity contribution in [2.75, 3.05) is 12.3 Å². The Morgan fingerprint density at radius 2 is 1.96 bits per heavy atom. The van der Waals surface area contributed by atoms with Gasteiger partial charge in [0.05, 0.1) is 18.0 Å². The summed E-state index contributed by atoms with van der Waals surface area (Å²) in [6.07, 6.45) is 2.07. The van der Waals surface area contributed by atoms with Gasteiger partial charge in [0.2, 0.25) is 10.0 Å². The lowest BCUT2D eigenvalue weighted by atomic mass is 10.3. The van der Waals surface area contributed by atoms with Crippen LogP contribution < -0.4 is 10.4 Å². The molecule has 1 aliphatic carbocycles. The molecule has 1 N–H and O–H groups in total. The van der Waals surface area contributed by atoms with Gasteiger partial charge in [0.1, 0.15) is 5.82 Å².